The van der Waals surface area contributed by atoms with Crippen LogP contribution in [-0.4, -0.2) is 43.2 Å². The van der Waals surface area contributed by atoms with Crippen LogP contribution in [0.15, 0.2) is 0 Å². The molecule has 0 bridgehead atoms. The third-order valence-corrected chi connectivity index (χ3v) is 0. The largest absolute Gasteiger partial charge is 3.00 e. The van der Waals surface area contributed by atoms with Gasteiger partial charge in [0.05, 0.1) is 0 Å². The monoisotopic (exact) mass is 394 g/mol. The molecule has 0 rings (SSSR count). The summed E-state index contributed by atoms with van der Waals surface area (Å²) in [6.07, 6.45) is 0. The van der Waals surface area contributed by atoms with Gasteiger partial charge in [-0.1, -0.05) is 0 Å². The van der Waals surface area contributed by atoms with Gasteiger partial charge in [0.2, 0.25) is 0 Å². The summed E-state index contributed by atoms with van der Waals surface area (Å²) in [6.45, 7) is 0. The second-order valence-electron chi connectivity index (χ2n) is 0.537. The zero-order valence-electron chi connectivity index (χ0n) is 9.20. The Morgan fingerprint density at radius 3 is 0.300 bits per heavy atom. The topological polar surface area (TPSA) is 352 Å². The van der Waals surface area contributed by atoms with Gasteiger partial charge < -0.3 is 66.4 Å². The SMILES string of the molecule is [Al+3].[In+3].[N-]=[N+]=[N-].[N-]=[N+]=[N-].[N-]=[N+]=[N-].[N-]=[N+]=[N-].[N-]=[N+]=[N-].[N-]=[N+]=[N-]. The van der Waals surface area contributed by atoms with E-state index in [1.807, 2.05) is 0 Å². The average Bonchev–Trinajstić information content (AvgIpc) is 2.23. The van der Waals surface area contributed by atoms with E-state index in [0.29, 0.717) is 0 Å². The van der Waals surface area contributed by atoms with Gasteiger partial charge in [0.1, 0.15) is 0 Å². The summed E-state index contributed by atoms with van der Waals surface area (Å²) in [5.74, 6) is 0. The number of rotatable bonds is 0. The van der Waals surface area contributed by atoms with Gasteiger partial charge in [-0.3, -0.25) is 29.5 Å². The Hall–Kier alpha value is -2.74. The zero-order chi connectivity index (χ0) is 16.2. The molecule has 0 saturated carbocycles. The molecule has 0 saturated heterocycles. The molecule has 20 heavy (non-hydrogen) atoms. The molecule has 0 aliphatic heterocycles. The summed E-state index contributed by atoms with van der Waals surface area (Å²) in [4.78, 5) is 9.00. The van der Waals surface area contributed by atoms with E-state index in [2.05, 4.69) is 0 Å². The van der Waals surface area contributed by atoms with Crippen molar-refractivity contribution in [3.8, 4) is 0 Å². The Balaban J connectivity index is -0.0000000141. The van der Waals surface area contributed by atoms with Gasteiger partial charge >= 0.3 is 43.2 Å². The molecule has 0 aromatic rings. The Kier molecular flexibility index (Phi) is 947. The van der Waals surface area contributed by atoms with Crippen LogP contribution in [0, 0.1) is 0 Å². The zero-order valence-corrected chi connectivity index (χ0v) is 13.7. The van der Waals surface area contributed by atoms with E-state index in [1.165, 1.54) is 29.5 Å². The first kappa shape index (κ1) is 53.2. The maximum atomic E-state index is 6.75. The van der Waals surface area contributed by atoms with Crippen molar-refractivity contribution >= 4 is 43.2 Å². The van der Waals surface area contributed by atoms with Crippen molar-refractivity contribution in [1.29, 1.82) is 0 Å². The number of hydrogen-bond acceptors (Lipinski definition) is 0. The molecule has 0 heterocycles. The molecule has 0 unspecified atom stereocenters. The molecular weight excluding hydrogens is 394 g/mol. The first-order valence-corrected chi connectivity index (χ1v) is 2.40. The van der Waals surface area contributed by atoms with Crippen LogP contribution < -0.4 is 0 Å². The minimum Gasteiger partial charge on any atom is -0.373 e. The maximum Gasteiger partial charge on any atom is 3.00 e. The van der Waals surface area contributed by atoms with Gasteiger partial charge in [0.15, 0.2) is 0 Å². The molecule has 0 spiro atoms. The molecule has 0 N–H and O–H groups in total. The third-order valence-electron chi connectivity index (χ3n) is 0. The van der Waals surface area contributed by atoms with Crippen molar-refractivity contribution in [3.05, 3.63) is 95.8 Å². The number of nitrogens with zero attached hydrogens (tertiary/aromatic N) is 18. The Bertz CT molecular complexity index is 231. The Morgan fingerprint density at radius 2 is 0.300 bits per heavy atom. The molecule has 0 radical (unpaired) electrons. The van der Waals surface area contributed by atoms with Crippen molar-refractivity contribution in [2.24, 2.45) is 0 Å². The molecule has 0 aromatic heterocycles. The van der Waals surface area contributed by atoms with E-state index in [9.17, 15) is 0 Å². The minimum atomic E-state index is 0. The van der Waals surface area contributed by atoms with Crippen LogP contribution in [0.25, 0.3) is 95.8 Å². The molecule has 0 aliphatic rings. The molecule has 0 amide bonds. The van der Waals surface area contributed by atoms with Crippen molar-refractivity contribution in [2.45, 2.75) is 0 Å². The molecule has 0 atom stereocenters. The van der Waals surface area contributed by atoms with E-state index < -0.39 is 0 Å². The van der Waals surface area contributed by atoms with Gasteiger partial charge in [0, 0.05) is 0 Å². The van der Waals surface area contributed by atoms with Crippen molar-refractivity contribution in [1.82, 2.24) is 0 Å². The van der Waals surface area contributed by atoms with E-state index in [-0.39, 0.29) is 43.2 Å². The first-order valence-electron chi connectivity index (χ1n) is 2.40. The van der Waals surface area contributed by atoms with Crippen LogP contribution in [0.2, 0.25) is 0 Å². The summed E-state index contributed by atoms with van der Waals surface area (Å²) in [5, 5.41) is 0. The molecule has 0 fully saturated rings. The van der Waals surface area contributed by atoms with Crippen LogP contribution in [-0.2, 0) is 0 Å². The summed E-state index contributed by atoms with van der Waals surface area (Å²) < 4.78 is 0. The van der Waals surface area contributed by atoms with E-state index in [4.69, 9.17) is 66.4 Å². The van der Waals surface area contributed by atoms with Crippen LogP contribution in [0.5, 0.6) is 0 Å². The molecular formula is AlInN18. The quantitative estimate of drug-likeness (QED) is 0.238. The normalized spacial score (nSPS) is 2.40. The number of hydrogen-bond donors (Lipinski definition) is 0. The molecule has 20 heteroatoms. The van der Waals surface area contributed by atoms with Crippen LogP contribution in [0.4, 0.5) is 0 Å². The first-order chi connectivity index (χ1) is 8.49. The van der Waals surface area contributed by atoms with Crippen molar-refractivity contribution in [3.63, 3.8) is 0 Å². The van der Waals surface area contributed by atoms with E-state index in [0.717, 1.165) is 0 Å². The van der Waals surface area contributed by atoms with Gasteiger partial charge in [0.25, 0.3) is 0 Å². The summed E-state index contributed by atoms with van der Waals surface area (Å²) in [6, 6.07) is 0. The molecule has 18 nitrogen and oxygen atoms in total. The van der Waals surface area contributed by atoms with Crippen LogP contribution >= 0.6 is 0 Å². The maximum absolute atomic E-state index is 6.75. The van der Waals surface area contributed by atoms with Gasteiger partial charge in [-0.05, 0) is 0 Å². The standard InChI is InChI=1S/Al.In.6N3/c;;6*1-3-2/q2*+3;6*-1. The second-order valence-corrected chi connectivity index (χ2v) is 0.537. The minimum absolute atomic E-state index is 0. The van der Waals surface area contributed by atoms with E-state index in [1.54, 1.807) is 0 Å². The van der Waals surface area contributed by atoms with Gasteiger partial charge in [-0.15, -0.1) is 0 Å². The fourth-order valence-electron chi connectivity index (χ4n) is 0. The van der Waals surface area contributed by atoms with Gasteiger partial charge in [-0.2, -0.15) is 0 Å². The van der Waals surface area contributed by atoms with Crippen LogP contribution in [0.1, 0.15) is 0 Å². The molecule has 96 valence electrons. The van der Waals surface area contributed by atoms with Gasteiger partial charge in [-0.25, -0.2) is 0 Å². The fourth-order valence-corrected chi connectivity index (χ4v) is 0. The average molecular weight is 394 g/mol. The third kappa shape index (κ3) is 414. The molecule has 0 aromatic carbocycles. The summed E-state index contributed by atoms with van der Waals surface area (Å²) in [5.41, 5.74) is 81.0. The summed E-state index contributed by atoms with van der Waals surface area (Å²) >= 11 is 0. The van der Waals surface area contributed by atoms with Crippen molar-refractivity contribution in [2.75, 3.05) is 0 Å². The predicted molar refractivity (Wildman–Crippen MR) is 72.0 cm³/mol. The summed E-state index contributed by atoms with van der Waals surface area (Å²) in [7, 11) is 0. The van der Waals surface area contributed by atoms with Crippen molar-refractivity contribution < 1.29 is 0 Å². The Morgan fingerprint density at radius 1 is 0.300 bits per heavy atom. The Labute approximate surface area is 139 Å². The smallest absolute Gasteiger partial charge is 0.373 e. The predicted octanol–water partition coefficient (Wildman–Crippen LogP) is 4.44. The fraction of sp³-hybridized carbons (Fsp3) is 0. The van der Waals surface area contributed by atoms with Crippen LogP contribution in [0.3, 0.4) is 0 Å². The second kappa shape index (κ2) is 356. The molecule has 0 aliphatic carbocycles. The van der Waals surface area contributed by atoms with E-state index >= 15 is 0 Å².